The standard InChI is InChI=1S/C19H26O2/c1-5-6-13-19(20,14(2)3)17-12-11-15-9-7-8-10-16(15)18(17)21-4/h7-12,14,20H,5-6,13H2,1-4H3. The molecule has 0 aliphatic rings. The lowest BCUT2D eigenvalue weighted by Gasteiger charge is -2.34. The number of ether oxygens (including phenoxy) is 1. The van der Waals surface area contributed by atoms with E-state index in [1.54, 1.807) is 7.11 Å². The Morgan fingerprint density at radius 1 is 1.14 bits per heavy atom. The van der Waals surface area contributed by atoms with Crippen LogP contribution in [0.2, 0.25) is 0 Å². The molecule has 0 spiro atoms. The smallest absolute Gasteiger partial charge is 0.132 e. The van der Waals surface area contributed by atoms with Crippen molar-refractivity contribution in [2.24, 2.45) is 5.92 Å². The number of hydrogen-bond donors (Lipinski definition) is 1. The lowest BCUT2D eigenvalue weighted by molar-refractivity contribution is -0.0220. The Morgan fingerprint density at radius 3 is 2.48 bits per heavy atom. The van der Waals surface area contributed by atoms with Crippen LogP contribution in [0.4, 0.5) is 0 Å². The molecule has 0 aliphatic heterocycles. The number of rotatable bonds is 6. The largest absolute Gasteiger partial charge is 0.496 e. The first kappa shape index (κ1) is 15.8. The van der Waals surface area contributed by atoms with E-state index in [4.69, 9.17) is 4.74 Å². The number of benzene rings is 2. The van der Waals surface area contributed by atoms with Crippen LogP contribution in [0.15, 0.2) is 36.4 Å². The molecule has 0 amide bonds. The highest BCUT2D eigenvalue weighted by atomic mass is 16.5. The van der Waals surface area contributed by atoms with E-state index in [2.05, 4.69) is 39.0 Å². The summed E-state index contributed by atoms with van der Waals surface area (Å²) >= 11 is 0. The summed E-state index contributed by atoms with van der Waals surface area (Å²) < 4.78 is 5.67. The van der Waals surface area contributed by atoms with Crippen LogP contribution in [0, 0.1) is 5.92 Å². The maximum absolute atomic E-state index is 11.3. The van der Waals surface area contributed by atoms with Crippen LogP contribution in [-0.2, 0) is 5.60 Å². The van der Waals surface area contributed by atoms with Crippen LogP contribution < -0.4 is 4.74 Å². The normalized spacial score (nSPS) is 14.4. The van der Waals surface area contributed by atoms with Gasteiger partial charge in [-0.2, -0.15) is 0 Å². The molecule has 114 valence electrons. The topological polar surface area (TPSA) is 29.5 Å². The molecule has 0 saturated carbocycles. The Balaban J connectivity index is 2.62. The van der Waals surface area contributed by atoms with Gasteiger partial charge in [-0.05, 0) is 17.7 Å². The third-order valence-corrected chi connectivity index (χ3v) is 4.42. The van der Waals surface area contributed by atoms with E-state index in [1.807, 2.05) is 18.2 Å². The molecule has 0 aromatic heterocycles. The van der Waals surface area contributed by atoms with Gasteiger partial charge < -0.3 is 9.84 Å². The summed E-state index contributed by atoms with van der Waals surface area (Å²) in [4.78, 5) is 0. The van der Waals surface area contributed by atoms with Crippen molar-refractivity contribution in [3.05, 3.63) is 42.0 Å². The Kier molecular flexibility index (Phi) is 4.89. The van der Waals surface area contributed by atoms with Crippen molar-refractivity contribution in [1.29, 1.82) is 0 Å². The molecule has 0 saturated heterocycles. The highest BCUT2D eigenvalue weighted by Gasteiger charge is 2.35. The first-order valence-electron chi connectivity index (χ1n) is 7.83. The summed E-state index contributed by atoms with van der Waals surface area (Å²) in [5, 5.41) is 13.5. The van der Waals surface area contributed by atoms with Gasteiger partial charge >= 0.3 is 0 Å². The van der Waals surface area contributed by atoms with E-state index >= 15 is 0 Å². The summed E-state index contributed by atoms with van der Waals surface area (Å²) in [6.07, 6.45) is 2.84. The zero-order chi connectivity index (χ0) is 15.5. The predicted molar refractivity (Wildman–Crippen MR) is 88.8 cm³/mol. The van der Waals surface area contributed by atoms with Gasteiger partial charge in [-0.3, -0.25) is 0 Å². The maximum Gasteiger partial charge on any atom is 0.132 e. The molecule has 1 atom stereocenters. The van der Waals surface area contributed by atoms with E-state index in [0.29, 0.717) is 0 Å². The minimum absolute atomic E-state index is 0.138. The fourth-order valence-corrected chi connectivity index (χ4v) is 2.98. The van der Waals surface area contributed by atoms with E-state index in [0.717, 1.165) is 41.3 Å². The van der Waals surface area contributed by atoms with Gasteiger partial charge in [0, 0.05) is 10.9 Å². The second-order valence-corrected chi connectivity index (χ2v) is 6.05. The van der Waals surface area contributed by atoms with Gasteiger partial charge in [0.25, 0.3) is 0 Å². The van der Waals surface area contributed by atoms with Crippen LogP contribution in [0.1, 0.15) is 45.6 Å². The van der Waals surface area contributed by atoms with Crippen molar-refractivity contribution in [2.45, 2.75) is 45.6 Å². The fourth-order valence-electron chi connectivity index (χ4n) is 2.98. The van der Waals surface area contributed by atoms with Crippen molar-refractivity contribution in [3.63, 3.8) is 0 Å². The van der Waals surface area contributed by atoms with Gasteiger partial charge in [-0.25, -0.2) is 0 Å². The maximum atomic E-state index is 11.3. The molecule has 2 aromatic rings. The molecule has 2 aromatic carbocycles. The van der Waals surface area contributed by atoms with Crippen molar-refractivity contribution in [1.82, 2.24) is 0 Å². The zero-order valence-electron chi connectivity index (χ0n) is 13.5. The molecule has 2 heteroatoms. The van der Waals surface area contributed by atoms with Crippen LogP contribution >= 0.6 is 0 Å². The summed E-state index contributed by atoms with van der Waals surface area (Å²) in [6.45, 7) is 6.30. The van der Waals surface area contributed by atoms with E-state index in [9.17, 15) is 5.11 Å². The fraction of sp³-hybridized carbons (Fsp3) is 0.474. The Labute approximate surface area is 127 Å². The zero-order valence-corrected chi connectivity index (χ0v) is 13.5. The van der Waals surface area contributed by atoms with Crippen LogP contribution in [0.3, 0.4) is 0 Å². The number of hydrogen-bond acceptors (Lipinski definition) is 2. The van der Waals surface area contributed by atoms with E-state index in [-0.39, 0.29) is 5.92 Å². The number of aliphatic hydroxyl groups is 1. The average Bonchev–Trinajstić information content (AvgIpc) is 2.51. The molecular formula is C19H26O2. The Bertz CT molecular complexity index is 604. The molecule has 0 radical (unpaired) electrons. The van der Waals surface area contributed by atoms with Crippen molar-refractivity contribution >= 4 is 10.8 Å². The highest BCUT2D eigenvalue weighted by Crippen LogP contribution is 2.42. The number of fused-ring (bicyclic) bond motifs is 1. The molecule has 1 N–H and O–H groups in total. The number of unbranched alkanes of at least 4 members (excludes halogenated alkanes) is 1. The Morgan fingerprint density at radius 2 is 1.86 bits per heavy atom. The summed E-state index contributed by atoms with van der Waals surface area (Å²) in [7, 11) is 1.69. The summed E-state index contributed by atoms with van der Waals surface area (Å²) in [5.41, 5.74) is 0.0675. The van der Waals surface area contributed by atoms with Gasteiger partial charge in [0.05, 0.1) is 12.7 Å². The van der Waals surface area contributed by atoms with Crippen LogP contribution in [0.5, 0.6) is 5.75 Å². The minimum atomic E-state index is -0.842. The van der Waals surface area contributed by atoms with Crippen molar-refractivity contribution in [2.75, 3.05) is 7.11 Å². The molecular weight excluding hydrogens is 260 g/mol. The molecule has 2 rings (SSSR count). The van der Waals surface area contributed by atoms with Gasteiger partial charge in [0.1, 0.15) is 5.75 Å². The van der Waals surface area contributed by atoms with Gasteiger partial charge in [-0.15, -0.1) is 0 Å². The summed E-state index contributed by atoms with van der Waals surface area (Å²) in [5.74, 6) is 0.944. The van der Waals surface area contributed by atoms with Gasteiger partial charge in [-0.1, -0.05) is 70.0 Å². The first-order chi connectivity index (χ1) is 10.0. The molecule has 0 bridgehead atoms. The third kappa shape index (κ3) is 2.91. The summed E-state index contributed by atoms with van der Waals surface area (Å²) in [6, 6.07) is 12.3. The van der Waals surface area contributed by atoms with Crippen LogP contribution in [-0.4, -0.2) is 12.2 Å². The monoisotopic (exact) mass is 286 g/mol. The first-order valence-corrected chi connectivity index (χ1v) is 7.83. The molecule has 1 unspecified atom stereocenters. The van der Waals surface area contributed by atoms with E-state index < -0.39 is 5.60 Å². The number of methoxy groups -OCH3 is 1. The quantitative estimate of drug-likeness (QED) is 0.820. The molecule has 21 heavy (non-hydrogen) atoms. The van der Waals surface area contributed by atoms with Crippen LogP contribution in [0.25, 0.3) is 10.8 Å². The minimum Gasteiger partial charge on any atom is -0.496 e. The second kappa shape index (κ2) is 6.48. The highest BCUT2D eigenvalue weighted by molar-refractivity contribution is 5.89. The predicted octanol–water partition coefficient (Wildman–Crippen LogP) is 4.88. The average molecular weight is 286 g/mol. The molecule has 0 fully saturated rings. The van der Waals surface area contributed by atoms with Crippen molar-refractivity contribution < 1.29 is 9.84 Å². The Hall–Kier alpha value is -1.54. The molecule has 0 aliphatic carbocycles. The van der Waals surface area contributed by atoms with E-state index in [1.165, 1.54) is 0 Å². The van der Waals surface area contributed by atoms with Gasteiger partial charge in [0.2, 0.25) is 0 Å². The van der Waals surface area contributed by atoms with Crippen molar-refractivity contribution in [3.8, 4) is 5.75 Å². The lowest BCUT2D eigenvalue weighted by atomic mass is 9.78. The SMILES string of the molecule is CCCCC(O)(c1ccc2ccccc2c1OC)C(C)C. The lowest BCUT2D eigenvalue weighted by Crippen LogP contribution is -2.32. The van der Waals surface area contributed by atoms with Gasteiger partial charge in [0.15, 0.2) is 0 Å². The molecule has 0 heterocycles. The second-order valence-electron chi connectivity index (χ2n) is 6.05. The molecule has 2 nitrogen and oxygen atoms in total. The third-order valence-electron chi connectivity index (χ3n) is 4.42.